The van der Waals surface area contributed by atoms with Crippen molar-refractivity contribution in [2.45, 2.75) is 33.2 Å². The van der Waals surface area contributed by atoms with Crippen molar-refractivity contribution >= 4 is 8.07 Å². The highest BCUT2D eigenvalue weighted by Gasteiger charge is 2.12. The van der Waals surface area contributed by atoms with Gasteiger partial charge in [0.1, 0.15) is 6.79 Å². The standard InChI is InChI=1S/C13H22O2Si/c1-12-5-7-13(8-6-12)9-14-10-15-11-16(2,3)4/h5-8H,9-11H2,1-4H3. The van der Waals surface area contributed by atoms with E-state index in [0.717, 1.165) is 6.23 Å². The molecule has 0 saturated carbocycles. The Morgan fingerprint density at radius 2 is 1.62 bits per heavy atom. The Hall–Kier alpha value is -0.643. The third kappa shape index (κ3) is 6.05. The number of ether oxygens (including phenoxy) is 2. The molecule has 1 aromatic carbocycles. The molecule has 1 rings (SSSR count). The smallest absolute Gasteiger partial charge is 0.146 e. The van der Waals surface area contributed by atoms with Gasteiger partial charge >= 0.3 is 0 Å². The monoisotopic (exact) mass is 238 g/mol. The van der Waals surface area contributed by atoms with Crippen LogP contribution in [-0.4, -0.2) is 21.1 Å². The summed E-state index contributed by atoms with van der Waals surface area (Å²) in [6.07, 6.45) is 0.862. The summed E-state index contributed by atoms with van der Waals surface area (Å²) >= 11 is 0. The number of hydrogen-bond acceptors (Lipinski definition) is 2. The molecule has 16 heavy (non-hydrogen) atoms. The lowest BCUT2D eigenvalue weighted by atomic mass is 10.2. The lowest BCUT2D eigenvalue weighted by molar-refractivity contribution is -0.0481. The molecule has 0 aliphatic carbocycles. The van der Waals surface area contributed by atoms with Crippen molar-refractivity contribution in [2.24, 2.45) is 0 Å². The van der Waals surface area contributed by atoms with Gasteiger partial charge in [-0.2, -0.15) is 0 Å². The zero-order chi connectivity index (χ0) is 12.0. The summed E-state index contributed by atoms with van der Waals surface area (Å²) in [6, 6.07) is 8.38. The summed E-state index contributed by atoms with van der Waals surface area (Å²) in [7, 11) is -1.10. The number of benzene rings is 1. The SMILES string of the molecule is Cc1ccc(COCOC[Si](C)(C)C)cc1. The van der Waals surface area contributed by atoms with Gasteiger partial charge in [-0.1, -0.05) is 49.5 Å². The predicted octanol–water partition coefficient (Wildman–Crippen LogP) is 3.36. The lowest BCUT2D eigenvalue weighted by Gasteiger charge is -2.15. The Labute approximate surface area is 99.6 Å². The molecule has 0 unspecified atom stereocenters. The summed E-state index contributed by atoms with van der Waals surface area (Å²) in [5, 5.41) is 0. The van der Waals surface area contributed by atoms with Gasteiger partial charge in [-0.05, 0) is 12.5 Å². The molecule has 0 spiro atoms. The lowest BCUT2D eigenvalue weighted by Crippen LogP contribution is -2.28. The van der Waals surface area contributed by atoms with Crippen molar-refractivity contribution in [2.75, 3.05) is 13.0 Å². The summed E-state index contributed by atoms with van der Waals surface area (Å²) in [6.45, 7) is 9.97. The van der Waals surface area contributed by atoms with Crippen molar-refractivity contribution in [1.82, 2.24) is 0 Å². The molecule has 0 fully saturated rings. The maximum Gasteiger partial charge on any atom is 0.146 e. The minimum Gasteiger partial charge on any atom is -0.359 e. The fourth-order valence-electron chi connectivity index (χ4n) is 1.25. The van der Waals surface area contributed by atoms with E-state index >= 15 is 0 Å². The van der Waals surface area contributed by atoms with Gasteiger partial charge in [0.25, 0.3) is 0 Å². The first-order valence-corrected chi connectivity index (χ1v) is 9.39. The third-order valence-electron chi connectivity index (χ3n) is 2.09. The fraction of sp³-hybridized carbons (Fsp3) is 0.538. The Balaban J connectivity index is 2.14. The molecule has 90 valence electrons. The van der Waals surface area contributed by atoms with Gasteiger partial charge in [-0.25, -0.2) is 0 Å². The molecule has 3 heteroatoms. The maximum absolute atomic E-state index is 5.48. The van der Waals surface area contributed by atoms with E-state index < -0.39 is 8.07 Å². The molecule has 0 aliphatic heterocycles. The second-order valence-corrected chi connectivity index (χ2v) is 10.8. The van der Waals surface area contributed by atoms with E-state index in [1.54, 1.807) is 0 Å². The van der Waals surface area contributed by atoms with Crippen LogP contribution in [0.25, 0.3) is 0 Å². The van der Waals surface area contributed by atoms with Crippen LogP contribution in [0.1, 0.15) is 11.1 Å². The maximum atomic E-state index is 5.48. The van der Waals surface area contributed by atoms with Gasteiger partial charge in [-0.15, -0.1) is 0 Å². The van der Waals surface area contributed by atoms with Crippen LogP contribution in [0.2, 0.25) is 19.6 Å². The molecule has 0 heterocycles. The van der Waals surface area contributed by atoms with Crippen LogP contribution in [0, 0.1) is 6.92 Å². The van der Waals surface area contributed by atoms with Gasteiger partial charge in [0.05, 0.1) is 14.7 Å². The molecular formula is C13H22O2Si. The van der Waals surface area contributed by atoms with Gasteiger partial charge in [0, 0.05) is 6.23 Å². The largest absolute Gasteiger partial charge is 0.359 e. The molecule has 0 amide bonds. The molecule has 2 nitrogen and oxygen atoms in total. The molecule has 0 saturated heterocycles. The minimum atomic E-state index is -1.10. The summed E-state index contributed by atoms with van der Waals surface area (Å²) in [5.41, 5.74) is 2.47. The van der Waals surface area contributed by atoms with Gasteiger partial charge in [0.2, 0.25) is 0 Å². The van der Waals surface area contributed by atoms with E-state index in [4.69, 9.17) is 9.47 Å². The quantitative estimate of drug-likeness (QED) is 0.430. The molecule has 0 bridgehead atoms. The Kier molecular flexibility index (Phi) is 5.18. The van der Waals surface area contributed by atoms with Crippen LogP contribution in [0.3, 0.4) is 0 Å². The highest BCUT2D eigenvalue weighted by Crippen LogP contribution is 2.05. The van der Waals surface area contributed by atoms with Crippen molar-refractivity contribution in [3.05, 3.63) is 35.4 Å². The average Bonchev–Trinajstić information content (AvgIpc) is 2.19. The van der Waals surface area contributed by atoms with Crippen molar-refractivity contribution in [3.63, 3.8) is 0 Å². The molecule has 0 N–H and O–H groups in total. The van der Waals surface area contributed by atoms with Crippen LogP contribution in [0.15, 0.2) is 24.3 Å². The van der Waals surface area contributed by atoms with Crippen molar-refractivity contribution in [3.8, 4) is 0 Å². The third-order valence-corrected chi connectivity index (χ3v) is 3.16. The van der Waals surface area contributed by atoms with E-state index in [0.29, 0.717) is 13.4 Å². The van der Waals surface area contributed by atoms with Gasteiger partial charge < -0.3 is 9.47 Å². The highest BCUT2D eigenvalue weighted by atomic mass is 28.3. The number of rotatable bonds is 6. The highest BCUT2D eigenvalue weighted by molar-refractivity contribution is 6.76. The van der Waals surface area contributed by atoms with E-state index in [2.05, 4.69) is 50.8 Å². The van der Waals surface area contributed by atoms with E-state index in [1.165, 1.54) is 11.1 Å². The predicted molar refractivity (Wildman–Crippen MR) is 70.1 cm³/mol. The van der Waals surface area contributed by atoms with Crippen LogP contribution in [0.5, 0.6) is 0 Å². The van der Waals surface area contributed by atoms with Crippen molar-refractivity contribution in [1.29, 1.82) is 0 Å². The van der Waals surface area contributed by atoms with Gasteiger partial charge in [0.15, 0.2) is 0 Å². The summed E-state index contributed by atoms with van der Waals surface area (Å²) in [5.74, 6) is 0. The molecule has 1 aromatic rings. The zero-order valence-corrected chi connectivity index (χ0v) is 11.7. The zero-order valence-electron chi connectivity index (χ0n) is 10.7. The molecule has 0 aromatic heterocycles. The molecular weight excluding hydrogens is 216 g/mol. The van der Waals surface area contributed by atoms with Gasteiger partial charge in [-0.3, -0.25) is 0 Å². The van der Waals surface area contributed by atoms with Crippen LogP contribution < -0.4 is 0 Å². The summed E-state index contributed by atoms with van der Waals surface area (Å²) in [4.78, 5) is 0. The minimum absolute atomic E-state index is 0.401. The molecule has 0 aliphatic rings. The summed E-state index contributed by atoms with van der Waals surface area (Å²) < 4.78 is 10.9. The van der Waals surface area contributed by atoms with E-state index in [9.17, 15) is 0 Å². The second-order valence-electron chi connectivity index (χ2n) is 5.36. The normalized spacial score (nSPS) is 11.8. The molecule has 0 atom stereocenters. The average molecular weight is 238 g/mol. The Bertz CT molecular complexity index is 301. The Morgan fingerprint density at radius 3 is 2.19 bits per heavy atom. The van der Waals surface area contributed by atoms with Crippen LogP contribution in [-0.2, 0) is 16.1 Å². The van der Waals surface area contributed by atoms with E-state index in [-0.39, 0.29) is 0 Å². The first-order chi connectivity index (χ1) is 7.47. The molecule has 0 radical (unpaired) electrons. The number of hydrogen-bond donors (Lipinski definition) is 0. The van der Waals surface area contributed by atoms with Crippen LogP contribution >= 0.6 is 0 Å². The van der Waals surface area contributed by atoms with Crippen molar-refractivity contribution < 1.29 is 9.47 Å². The first kappa shape index (κ1) is 13.4. The fourth-order valence-corrected chi connectivity index (χ4v) is 1.95. The first-order valence-electron chi connectivity index (χ1n) is 5.68. The topological polar surface area (TPSA) is 18.5 Å². The second kappa shape index (κ2) is 6.18. The van der Waals surface area contributed by atoms with E-state index in [1.807, 2.05) is 0 Å². The van der Waals surface area contributed by atoms with Crippen LogP contribution in [0.4, 0.5) is 0 Å². The Morgan fingerprint density at radius 1 is 1.00 bits per heavy atom. The number of aryl methyl sites for hydroxylation is 1.